The van der Waals surface area contributed by atoms with Crippen LogP contribution in [-0.4, -0.2) is 0 Å². The molecule has 72 valence electrons. The number of hydrogen-bond acceptors (Lipinski definition) is 0. The summed E-state index contributed by atoms with van der Waals surface area (Å²) >= 11 is 0. The molecule has 2 aromatic rings. The summed E-state index contributed by atoms with van der Waals surface area (Å²) in [6.45, 7) is 0. The monoisotopic (exact) mass is 334 g/mol. The van der Waals surface area contributed by atoms with Gasteiger partial charge in [-0.1, -0.05) is 0 Å². The van der Waals surface area contributed by atoms with E-state index in [1.54, 1.807) is 0 Å². The molecule has 0 N–H and O–H groups in total. The first-order valence-electron chi connectivity index (χ1n) is 3.82. The summed E-state index contributed by atoms with van der Waals surface area (Å²) in [6.07, 6.45) is 0. The van der Waals surface area contributed by atoms with Gasteiger partial charge in [0.05, 0.1) is 0 Å². The maximum atomic E-state index is 2.89. The Kier molecular flexibility index (Phi) is 14.6. The molecule has 0 aliphatic carbocycles. The molecule has 2 rings (SSSR count). The van der Waals surface area contributed by atoms with Gasteiger partial charge in [0.1, 0.15) is 0 Å². The minimum atomic E-state index is 0. The zero-order valence-corrected chi connectivity index (χ0v) is 11.2. The van der Waals surface area contributed by atoms with Crippen LogP contribution in [0, 0.1) is 12.1 Å². The van der Waals surface area contributed by atoms with Gasteiger partial charge in [-0.3, -0.25) is 0 Å². The third-order valence-corrected chi connectivity index (χ3v) is 1.21. The third-order valence-electron chi connectivity index (χ3n) is 1.21. The number of halogens is 1. The van der Waals surface area contributed by atoms with Gasteiger partial charge >= 0.3 is 17.4 Å². The second-order valence-electron chi connectivity index (χ2n) is 2.15. The summed E-state index contributed by atoms with van der Waals surface area (Å²) in [5.74, 6) is 0. The normalized spacial score (nSPS) is 6.86. The van der Waals surface area contributed by atoms with Gasteiger partial charge in [-0.05, 0) is 0 Å². The molecular formula is C12H11CrI. The summed E-state index contributed by atoms with van der Waals surface area (Å²) in [4.78, 5) is 0. The summed E-state index contributed by atoms with van der Waals surface area (Å²) in [5.41, 5.74) is 0. The molecule has 14 heavy (non-hydrogen) atoms. The standard InChI is InChI=1S/2C6H5.Cr.HI/c2*1-2-4-6-5-3-1;;/h2*1-5H;;1H/q2*-1;+2;. The minimum absolute atomic E-state index is 0. The van der Waals surface area contributed by atoms with Crippen LogP contribution < -0.4 is 0 Å². The third kappa shape index (κ3) is 9.79. The number of benzene rings is 2. The van der Waals surface area contributed by atoms with Crippen LogP contribution in [0.4, 0.5) is 0 Å². The fourth-order valence-electron chi connectivity index (χ4n) is 0.684. The molecule has 0 atom stereocenters. The van der Waals surface area contributed by atoms with Gasteiger partial charge in [0.2, 0.25) is 0 Å². The summed E-state index contributed by atoms with van der Waals surface area (Å²) in [5, 5.41) is 0. The van der Waals surface area contributed by atoms with Gasteiger partial charge in [0.15, 0.2) is 0 Å². The molecule has 0 fully saturated rings. The van der Waals surface area contributed by atoms with Crippen molar-refractivity contribution in [3.05, 3.63) is 72.8 Å². The van der Waals surface area contributed by atoms with E-state index >= 15 is 0 Å². The van der Waals surface area contributed by atoms with Gasteiger partial charge in [-0.2, -0.15) is 72.8 Å². The number of rotatable bonds is 0. The van der Waals surface area contributed by atoms with Crippen LogP contribution in [0.3, 0.4) is 0 Å². The first kappa shape index (κ1) is 16.1. The molecule has 0 radical (unpaired) electrons. The van der Waals surface area contributed by atoms with E-state index < -0.39 is 0 Å². The molecule has 0 saturated heterocycles. The zero-order chi connectivity index (χ0) is 8.49. The van der Waals surface area contributed by atoms with Crippen molar-refractivity contribution in [3.8, 4) is 0 Å². The smallest absolute Gasteiger partial charge is 0.184 e. The van der Waals surface area contributed by atoms with Crippen molar-refractivity contribution in [1.29, 1.82) is 0 Å². The Morgan fingerprint density at radius 1 is 0.500 bits per heavy atom. The van der Waals surface area contributed by atoms with Gasteiger partial charge in [0, 0.05) is 0 Å². The van der Waals surface area contributed by atoms with E-state index in [1.165, 1.54) is 0 Å². The quantitative estimate of drug-likeness (QED) is 0.510. The summed E-state index contributed by atoms with van der Waals surface area (Å²) in [6, 6.07) is 25.0. The fourth-order valence-corrected chi connectivity index (χ4v) is 0.684. The van der Waals surface area contributed by atoms with Crippen LogP contribution in [0.2, 0.25) is 0 Å². The molecule has 0 saturated carbocycles. The van der Waals surface area contributed by atoms with E-state index in [0.717, 1.165) is 0 Å². The van der Waals surface area contributed by atoms with E-state index in [0.29, 0.717) is 0 Å². The van der Waals surface area contributed by atoms with Crippen molar-refractivity contribution in [3.63, 3.8) is 0 Å². The predicted octanol–water partition coefficient (Wildman–Crippen LogP) is 3.59. The van der Waals surface area contributed by atoms with Crippen molar-refractivity contribution < 1.29 is 17.4 Å². The molecule has 2 aromatic carbocycles. The Bertz CT molecular complexity index is 186. The average Bonchev–Trinajstić information content (AvgIpc) is 2.24. The first-order chi connectivity index (χ1) is 6.00. The van der Waals surface area contributed by atoms with E-state index in [9.17, 15) is 0 Å². The molecule has 0 aliphatic heterocycles. The maximum absolute atomic E-state index is 2.89. The van der Waals surface area contributed by atoms with Crippen molar-refractivity contribution in [2.75, 3.05) is 0 Å². The maximum Gasteiger partial charge on any atom is 2.00 e. The second-order valence-corrected chi connectivity index (χ2v) is 2.15. The predicted molar refractivity (Wildman–Crippen MR) is 66.0 cm³/mol. The molecule has 0 bridgehead atoms. The first-order valence-corrected chi connectivity index (χ1v) is 3.82. The molecule has 0 unspecified atom stereocenters. The van der Waals surface area contributed by atoms with Crippen molar-refractivity contribution in [1.82, 2.24) is 0 Å². The fraction of sp³-hybridized carbons (Fsp3) is 0. The Morgan fingerprint density at radius 2 is 0.786 bits per heavy atom. The van der Waals surface area contributed by atoms with Gasteiger partial charge in [0.25, 0.3) is 0 Å². The molecule has 0 heterocycles. The Hall–Kier alpha value is -0.298. The Labute approximate surface area is 114 Å². The van der Waals surface area contributed by atoms with Gasteiger partial charge in [-0.25, -0.2) is 0 Å². The molecule has 0 spiro atoms. The summed E-state index contributed by atoms with van der Waals surface area (Å²) < 4.78 is 0. The van der Waals surface area contributed by atoms with Crippen molar-refractivity contribution in [2.24, 2.45) is 0 Å². The Morgan fingerprint density at radius 3 is 0.857 bits per heavy atom. The van der Waals surface area contributed by atoms with Gasteiger partial charge < -0.3 is 0 Å². The minimum Gasteiger partial charge on any atom is -0.184 e. The largest absolute Gasteiger partial charge is 2.00 e. The van der Waals surface area contributed by atoms with Crippen molar-refractivity contribution in [2.45, 2.75) is 0 Å². The molecule has 0 aromatic heterocycles. The molecule has 2 heteroatoms. The zero-order valence-electron chi connectivity index (χ0n) is 7.59. The van der Waals surface area contributed by atoms with E-state index in [2.05, 4.69) is 12.1 Å². The second kappa shape index (κ2) is 12.7. The van der Waals surface area contributed by atoms with E-state index in [-0.39, 0.29) is 41.3 Å². The summed E-state index contributed by atoms with van der Waals surface area (Å²) in [7, 11) is 0. The van der Waals surface area contributed by atoms with Crippen LogP contribution in [0.15, 0.2) is 60.7 Å². The van der Waals surface area contributed by atoms with Crippen LogP contribution in [0.25, 0.3) is 0 Å². The molecule has 0 amide bonds. The van der Waals surface area contributed by atoms with Gasteiger partial charge in [-0.15, -0.1) is 24.0 Å². The average molecular weight is 334 g/mol. The van der Waals surface area contributed by atoms with Crippen LogP contribution >= 0.6 is 24.0 Å². The molecule has 0 aliphatic rings. The molecular weight excluding hydrogens is 323 g/mol. The SMILES string of the molecule is I.[Cr+2].[c-]1ccccc1.[c-]1ccccc1. The van der Waals surface area contributed by atoms with Crippen LogP contribution in [0.5, 0.6) is 0 Å². The van der Waals surface area contributed by atoms with Crippen LogP contribution in [-0.2, 0) is 17.4 Å². The number of hydrogen-bond donors (Lipinski definition) is 0. The molecule has 0 nitrogen and oxygen atoms in total. The topological polar surface area (TPSA) is 0 Å². The van der Waals surface area contributed by atoms with Crippen LogP contribution in [0.1, 0.15) is 0 Å². The van der Waals surface area contributed by atoms with Crippen molar-refractivity contribution >= 4 is 24.0 Å². The Balaban J connectivity index is 0. The van der Waals surface area contributed by atoms with E-state index in [4.69, 9.17) is 0 Å². The van der Waals surface area contributed by atoms with E-state index in [1.807, 2.05) is 60.7 Å².